The van der Waals surface area contributed by atoms with E-state index >= 15 is 0 Å². The standard InChI is InChI=1S/C12H14FNO3S/c1-18(2,17)14-12(16)9-5-8(7-3-4-7)11(15)6-10(9)13/h5-7,15H,1,3-4H2,2H3,(H,14,16,17). The van der Waals surface area contributed by atoms with Crippen molar-refractivity contribution in [2.75, 3.05) is 6.26 Å². The maximum atomic E-state index is 13.6. The molecule has 2 N–H and O–H groups in total. The van der Waals surface area contributed by atoms with Gasteiger partial charge in [-0.1, -0.05) is 0 Å². The summed E-state index contributed by atoms with van der Waals surface area (Å²) in [6.07, 6.45) is 3.09. The molecule has 18 heavy (non-hydrogen) atoms. The van der Waals surface area contributed by atoms with Crippen molar-refractivity contribution in [2.45, 2.75) is 18.8 Å². The van der Waals surface area contributed by atoms with Gasteiger partial charge in [-0.2, -0.15) is 0 Å². The van der Waals surface area contributed by atoms with E-state index in [-0.39, 0.29) is 17.2 Å². The molecule has 0 aromatic heterocycles. The van der Waals surface area contributed by atoms with Crippen LogP contribution < -0.4 is 4.72 Å². The molecule has 1 saturated carbocycles. The molecule has 1 amide bonds. The lowest BCUT2D eigenvalue weighted by molar-refractivity contribution is 0.0979. The Morgan fingerprint density at radius 3 is 2.67 bits per heavy atom. The zero-order valence-corrected chi connectivity index (χ0v) is 10.7. The van der Waals surface area contributed by atoms with Crippen LogP contribution >= 0.6 is 0 Å². The highest BCUT2D eigenvalue weighted by atomic mass is 32.2. The molecule has 1 aromatic rings. The SMILES string of the molecule is C=S(C)(=O)NC(=O)c1cc(C2CC2)c(O)cc1F. The number of amides is 1. The van der Waals surface area contributed by atoms with E-state index in [0.29, 0.717) is 5.56 Å². The molecule has 0 aliphatic heterocycles. The van der Waals surface area contributed by atoms with Crippen molar-refractivity contribution in [3.8, 4) is 5.75 Å². The summed E-state index contributed by atoms with van der Waals surface area (Å²) < 4.78 is 27.1. The molecule has 0 radical (unpaired) electrons. The van der Waals surface area contributed by atoms with E-state index in [1.54, 1.807) is 0 Å². The Bertz CT molecular complexity index is 606. The fourth-order valence-corrected chi connectivity index (χ4v) is 2.23. The number of hydrogen-bond acceptors (Lipinski definition) is 3. The molecule has 0 saturated heterocycles. The van der Waals surface area contributed by atoms with Gasteiger partial charge in [-0.15, -0.1) is 0 Å². The number of carbonyl (C=O) groups is 1. The van der Waals surface area contributed by atoms with Crippen LogP contribution in [0.2, 0.25) is 0 Å². The first-order valence-corrected chi connectivity index (χ1v) is 7.58. The number of phenolic OH excluding ortho intramolecular Hbond substituents is 1. The summed E-state index contributed by atoms with van der Waals surface area (Å²) in [7, 11) is -2.74. The van der Waals surface area contributed by atoms with Gasteiger partial charge in [0.25, 0.3) is 5.91 Å². The number of aromatic hydroxyl groups is 1. The van der Waals surface area contributed by atoms with Gasteiger partial charge in [0.15, 0.2) is 0 Å². The third-order valence-corrected chi connectivity index (χ3v) is 3.30. The molecule has 1 aliphatic carbocycles. The van der Waals surface area contributed by atoms with Gasteiger partial charge in [0.2, 0.25) is 0 Å². The Balaban J connectivity index is 2.38. The summed E-state index contributed by atoms with van der Waals surface area (Å²) in [5, 5.41) is 9.60. The number of halogens is 1. The number of hydrogen-bond donors (Lipinski definition) is 2. The summed E-state index contributed by atoms with van der Waals surface area (Å²) in [5.41, 5.74) is 0.348. The average Bonchev–Trinajstić information content (AvgIpc) is 2.98. The molecule has 0 bridgehead atoms. The number of carbonyl (C=O) groups excluding carboxylic acids is 1. The largest absolute Gasteiger partial charge is 0.508 e. The summed E-state index contributed by atoms with van der Waals surface area (Å²) in [6.45, 7) is 0. The van der Waals surface area contributed by atoms with E-state index < -0.39 is 21.4 Å². The van der Waals surface area contributed by atoms with Crippen LogP contribution in [0.4, 0.5) is 4.39 Å². The maximum Gasteiger partial charge on any atom is 0.265 e. The van der Waals surface area contributed by atoms with Crippen molar-refractivity contribution in [2.24, 2.45) is 0 Å². The molecule has 2 rings (SSSR count). The van der Waals surface area contributed by atoms with Gasteiger partial charge < -0.3 is 5.11 Å². The van der Waals surface area contributed by atoms with Crippen molar-refractivity contribution in [3.05, 3.63) is 29.1 Å². The quantitative estimate of drug-likeness (QED) is 0.817. The van der Waals surface area contributed by atoms with E-state index in [2.05, 4.69) is 10.6 Å². The summed E-state index contributed by atoms with van der Waals surface area (Å²) >= 11 is 0. The molecule has 6 heteroatoms. The Labute approximate surface area is 105 Å². The number of rotatable bonds is 3. The van der Waals surface area contributed by atoms with Crippen LogP contribution in [0.1, 0.15) is 34.7 Å². The third kappa shape index (κ3) is 2.81. The first kappa shape index (κ1) is 12.9. The molecule has 1 aromatic carbocycles. The number of phenols is 1. The zero-order chi connectivity index (χ0) is 13.5. The van der Waals surface area contributed by atoms with Crippen molar-refractivity contribution < 1.29 is 18.5 Å². The molecule has 98 valence electrons. The van der Waals surface area contributed by atoms with Crippen molar-refractivity contribution in [3.63, 3.8) is 0 Å². The lowest BCUT2D eigenvalue weighted by Gasteiger charge is -2.10. The van der Waals surface area contributed by atoms with Crippen LogP contribution in [-0.2, 0) is 9.71 Å². The van der Waals surface area contributed by atoms with Crippen LogP contribution in [0.3, 0.4) is 0 Å². The van der Waals surface area contributed by atoms with Crippen molar-refractivity contribution in [1.82, 2.24) is 4.72 Å². The monoisotopic (exact) mass is 271 g/mol. The Kier molecular flexibility index (Phi) is 3.06. The predicted molar refractivity (Wildman–Crippen MR) is 68.7 cm³/mol. The normalized spacial score (nSPS) is 18.1. The van der Waals surface area contributed by atoms with E-state index in [1.807, 2.05) is 0 Å². The Morgan fingerprint density at radius 1 is 1.56 bits per heavy atom. The summed E-state index contributed by atoms with van der Waals surface area (Å²) in [6, 6.07) is 2.24. The minimum Gasteiger partial charge on any atom is -0.508 e. The lowest BCUT2D eigenvalue weighted by Crippen LogP contribution is -2.30. The van der Waals surface area contributed by atoms with Crippen molar-refractivity contribution >= 4 is 21.5 Å². The third-order valence-electron chi connectivity index (χ3n) is 2.69. The topological polar surface area (TPSA) is 66.4 Å². The zero-order valence-electron chi connectivity index (χ0n) is 9.90. The summed E-state index contributed by atoms with van der Waals surface area (Å²) in [4.78, 5) is 11.7. The average molecular weight is 271 g/mol. The van der Waals surface area contributed by atoms with Crippen LogP contribution in [0, 0.1) is 5.82 Å². The van der Waals surface area contributed by atoms with Crippen molar-refractivity contribution in [1.29, 1.82) is 0 Å². The molecule has 1 fully saturated rings. The number of benzene rings is 1. The van der Waals surface area contributed by atoms with Crippen LogP contribution in [-0.4, -0.2) is 27.3 Å². The van der Waals surface area contributed by atoms with Gasteiger partial charge in [-0.05, 0) is 36.3 Å². The van der Waals surface area contributed by atoms with Gasteiger partial charge >= 0.3 is 0 Å². The molecule has 4 nitrogen and oxygen atoms in total. The molecular weight excluding hydrogens is 257 g/mol. The molecule has 0 heterocycles. The van der Waals surface area contributed by atoms with Gasteiger partial charge in [0.05, 0.1) is 5.56 Å². The van der Waals surface area contributed by atoms with Crippen LogP contribution in [0.15, 0.2) is 12.1 Å². The van der Waals surface area contributed by atoms with E-state index in [4.69, 9.17) is 0 Å². The van der Waals surface area contributed by atoms with Gasteiger partial charge in [-0.3, -0.25) is 9.52 Å². The first-order valence-electron chi connectivity index (χ1n) is 5.44. The Hall–Kier alpha value is -1.56. The second kappa shape index (κ2) is 4.28. The minimum atomic E-state index is -2.74. The molecule has 0 spiro atoms. The van der Waals surface area contributed by atoms with E-state index in [9.17, 15) is 18.5 Å². The molecule has 1 atom stereocenters. The molecular formula is C12H14FNO3S. The summed E-state index contributed by atoms with van der Waals surface area (Å²) in [5.74, 6) is 1.70. The highest BCUT2D eigenvalue weighted by molar-refractivity contribution is 7.98. The minimum absolute atomic E-state index is 0.140. The lowest BCUT2D eigenvalue weighted by atomic mass is 10.0. The maximum absolute atomic E-state index is 13.6. The molecule has 1 unspecified atom stereocenters. The predicted octanol–water partition coefficient (Wildman–Crippen LogP) is 1.40. The second-order valence-corrected chi connectivity index (χ2v) is 6.82. The Morgan fingerprint density at radius 2 is 2.17 bits per heavy atom. The second-order valence-electron chi connectivity index (χ2n) is 4.60. The highest BCUT2D eigenvalue weighted by Gasteiger charge is 2.28. The van der Waals surface area contributed by atoms with Gasteiger partial charge in [0, 0.05) is 22.0 Å². The van der Waals surface area contributed by atoms with Crippen LogP contribution in [0.25, 0.3) is 0 Å². The van der Waals surface area contributed by atoms with Gasteiger partial charge in [-0.25, -0.2) is 8.60 Å². The van der Waals surface area contributed by atoms with Gasteiger partial charge in [0.1, 0.15) is 11.6 Å². The smallest absolute Gasteiger partial charge is 0.265 e. The highest BCUT2D eigenvalue weighted by Crippen LogP contribution is 2.44. The fourth-order valence-electron chi connectivity index (χ4n) is 1.73. The van der Waals surface area contributed by atoms with E-state index in [1.165, 1.54) is 12.3 Å². The fraction of sp³-hybridized carbons (Fsp3) is 0.333. The van der Waals surface area contributed by atoms with E-state index in [0.717, 1.165) is 18.9 Å². The number of nitrogens with one attached hydrogen (secondary N) is 1. The van der Waals surface area contributed by atoms with Crippen LogP contribution in [0.5, 0.6) is 5.75 Å². The first-order chi connectivity index (χ1) is 8.28. The molecule has 1 aliphatic rings.